The van der Waals surface area contributed by atoms with E-state index in [-0.39, 0.29) is 11.5 Å². The van der Waals surface area contributed by atoms with Crippen LogP contribution < -0.4 is 11.1 Å². The standard InChI is InChI=1S/C14H20N2O2/c1-18-14(7-2-8-14)10-16-9-11-3-5-12(6-4-11)13(15)17/h3-6,16H,2,7-10H2,1H3,(H2,15,17). The van der Waals surface area contributed by atoms with Crippen molar-refractivity contribution >= 4 is 5.91 Å². The number of primary amides is 1. The van der Waals surface area contributed by atoms with E-state index in [0.29, 0.717) is 5.56 Å². The van der Waals surface area contributed by atoms with Gasteiger partial charge in [-0.2, -0.15) is 0 Å². The minimum atomic E-state index is -0.387. The zero-order chi connectivity index (χ0) is 13.0. The summed E-state index contributed by atoms with van der Waals surface area (Å²) in [6, 6.07) is 7.37. The monoisotopic (exact) mass is 248 g/mol. The summed E-state index contributed by atoms with van der Waals surface area (Å²) in [4.78, 5) is 10.9. The normalized spacial score (nSPS) is 17.2. The maximum Gasteiger partial charge on any atom is 0.248 e. The van der Waals surface area contributed by atoms with Gasteiger partial charge in [-0.05, 0) is 37.0 Å². The molecule has 1 aliphatic carbocycles. The van der Waals surface area contributed by atoms with Crippen molar-refractivity contribution in [3.05, 3.63) is 35.4 Å². The summed E-state index contributed by atoms with van der Waals surface area (Å²) in [6.07, 6.45) is 3.52. The minimum Gasteiger partial charge on any atom is -0.377 e. The van der Waals surface area contributed by atoms with Gasteiger partial charge in [-0.3, -0.25) is 4.79 Å². The van der Waals surface area contributed by atoms with Crippen LogP contribution in [0.4, 0.5) is 0 Å². The molecule has 0 spiro atoms. The van der Waals surface area contributed by atoms with E-state index in [0.717, 1.165) is 31.5 Å². The lowest BCUT2D eigenvalue weighted by molar-refractivity contribution is -0.0695. The molecule has 1 fully saturated rings. The number of hydrogen-bond acceptors (Lipinski definition) is 3. The third kappa shape index (κ3) is 2.89. The fourth-order valence-corrected chi connectivity index (χ4v) is 2.25. The number of carbonyl (C=O) groups is 1. The van der Waals surface area contributed by atoms with Crippen LogP contribution in [0.25, 0.3) is 0 Å². The number of methoxy groups -OCH3 is 1. The molecule has 98 valence electrons. The number of ether oxygens (including phenoxy) is 1. The smallest absolute Gasteiger partial charge is 0.248 e. The van der Waals surface area contributed by atoms with Gasteiger partial charge in [0.25, 0.3) is 0 Å². The highest BCUT2D eigenvalue weighted by molar-refractivity contribution is 5.92. The number of nitrogens with one attached hydrogen (secondary N) is 1. The molecule has 1 aliphatic rings. The second-order valence-corrected chi connectivity index (χ2v) is 4.91. The van der Waals surface area contributed by atoms with Crippen LogP contribution in [0.2, 0.25) is 0 Å². The highest BCUT2D eigenvalue weighted by Gasteiger charge is 2.36. The van der Waals surface area contributed by atoms with Gasteiger partial charge in [-0.15, -0.1) is 0 Å². The summed E-state index contributed by atoms with van der Waals surface area (Å²) >= 11 is 0. The van der Waals surface area contributed by atoms with Crippen LogP contribution in [0.15, 0.2) is 24.3 Å². The number of rotatable bonds is 6. The third-order valence-corrected chi connectivity index (χ3v) is 3.71. The van der Waals surface area contributed by atoms with Crippen molar-refractivity contribution in [2.45, 2.75) is 31.4 Å². The lowest BCUT2D eigenvalue weighted by Crippen LogP contribution is -2.47. The van der Waals surface area contributed by atoms with E-state index in [2.05, 4.69) is 5.32 Å². The van der Waals surface area contributed by atoms with Crippen LogP contribution in [-0.2, 0) is 11.3 Å². The molecular weight excluding hydrogens is 228 g/mol. The molecule has 0 bridgehead atoms. The highest BCUT2D eigenvalue weighted by Crippen LogP contribution is 2.34. The fraction of sp³-hybridized carbons (Fsp3) is 0.500. The predicted octanol–water partition coefficient (Wildman–Crippen LogP) is 1.44. The Morgan fingerprint density at radius 1 is 1.39 bits per heavy atom. The van der Waals surface area contributed by atoms with Crippen LogP contribution in [0, 0.1) is 0 Å². The van der Waals surface area contributed by atoms with Crippen molar-refractivity contribution in [1.82, 2.24) is 5.32 Å². The molecule has 0 heterocycles. The van der Waals surface area contributed by atoms with E-state index in [1.54, 1.807) is 19.2 Å². The molecule has 18 heavy (non-hydrogen) atoms. The molecule has 1 amide bonds. The topological polar surface area (TPSA) is 64.3 Å². The van der Waals surface area contributed by atoms with Crippen molar-refractivity contribution in [3.8, 4) is 0 Å². The molecule has 0 radical (unpaired) electrons. The molecule has 0 unspecified atom stereocenters. The average Bonchev–Trinajstić information content (AvgIpc) is 2.33. The van der Waals surface area contributed by atoms with Gasteiger partial charge in [-0.1, -0.05) is 12.1 Å². The minimum absolute atomic E-state index is 0.0488. The molecule has 1 aromatic carbocycles. The van der Waals surface area contributed by atoms with Gasteiger partial charge in [0.05, 0.1) is 5.60 Å². The molecular formula is C14H20N2O2. The summed E-state index contributed by atoms with van der Waals surface area (Å²) < 4.78 is 5.54. The molecule has 0 aliphatic heterocycles. The molecule has 3 N–H and O–H groups in total. The van der Waals surface area contributed by atoms with E-state index in [1.807, 2.05) is 12.1 Å². The molecule has 0 aromatic heterocycles. The Morgan fingerprint density at radius 2 is 2.06 bits per heavy atom. The van der Waals surface area contributed by atoms with Crippen molar-refractivity contribution in [2.24, 2.45) is 5.73 Å². The Bertz CT molecular complexity index is 405. The summed E-state index contributed by atoms with van der Waals surface area (Å²) in [5, 5.41) is 3.40. The quantitative estimate of drug-likeness (QED) is 0.800. The summed E-state index contributed by atoms with van der Waals surface area (Å²) in [6.45, 7) is 1.66. The predicted molar refractivity (Wildman–Crippen MR) is 70.3 cm³/mol. The molecule has 0 atom stereocenters. The van der Waals surface area contributed by atoms with E-state index in [1.165, 1.54) is 6.42 Å². The first-order valence-corrected chi connectivity index (χ1v) is 6.30. The van der Waals surface area contributed by atoms with E-state index in [4.69, 9.17) is 10.5 Å². The number of nitrogens with two attached hydrogens (primary N) is 1. The molecule has 0 saturated heterocycles. The van der Waals surface area contributed by atoms with E-state index in [9.17, 15) is 4.79 Å². The van der Waals surface area contributed by atoms with Gasteiger partial charge in [-0.25, -0.2) is 0 Å². The summed E-state index contributed by atoms with van der Waals surface area (Å²) in [7, 11) is 1.78. The number of hydrogen-bond donors (Lipinski definition) is 2. The molecule has 4 heteroatoms. The molecule has 4 nitrogen and oxygen atoms in total. The van der Waals surface area contributed by atoms with Gasteiger partial charge >= 0.3 is 0 Å². The Hall–Kier alpha value is -1.39. The summed E-state index contributed by atoms with van der Waals surface area (Å²) in [5.74, 6) is -0.387. The van der Waals surface area contributed by atoms with Gasteiger partial charge in [0, 0.05) is 25.8 Å². The third-order valence-electron chi connectivity index (χ3n) is 3.71. The Kier molecular flexibility index (Phi) is 3.99. The Morgan fingerprint density at radius 3 is 2.50 bits per heavy atom. The van der Waals surface area contributed by atoms with E-state index < -0.39 is 0 Å². The zero-order valence-electron chi connectivity index (χ0n) is 10.7. The van der Waals surface area contributed by atoms with Crippen molar-refractivity contribution in [3.63, 3.8) is 0 Å². The number of amides is 1. The molecule has 2 rings (SSSR count). The largest absolute Gasteiger partial charge is 0.377 e. The maximum absolute atomic E-state index is 10.9. The molecule has 1 aromatic rings. The SMILES string of the molecule is COC1(CNCc2ccc(C(N)=O)cc2)CCC1. The summed E-state index contributed by atoms with van der Waals surface area (Å²) in [5.41, 5.74) is 6.93. The van der Waals surface area contributed by atoms with Gasteiger partial charge in [0.15, 0.2) is 0 Å². The zero-order valence-corrected chi connectivity index (χ0v) is 10.7. The highest BCUT2D eigenvalue weighted by atomic mass is 16.5. The maximum atomic E-state index is 10.9. The van der Waals surface area contributed by atoms with Gasteiger partial charge < -0.3 is 15.8 Å². The Labute approximate surface area is 108 Å². The van der Waals surface area contributed by atoms with Crippen molar-refractivity contribution in [2.75, 3.05) is 13.7 Å². The first kappa shape index (κ1) is 13.1. The average molecular weight is 248 g/mol. The van der Waals surface area contributed by atoms with Crippen molar-refractivity contribution in [1.29, 1.82) is 0 Å². The van der Waals surface area contributed by atoms with Gasteiger partial charge in [0.2, 0.25) is 5.91 Å². The fourth-order valence-electron chi connectivity index (χ4n) is 2.25. The van der Waals surface area contributed by atoms with Crippen LogP contribution >= 0.6 is 0 Å². The van der Waals surface area contributed by atoms with E-state index >= 15 is 0 Å². The lowest BCUT2D eigenvalue weighted by Gasteiger charge is -2.40. The van der Waals surface area contributed by atoms with Crippen LogP contribution in [-0.4, -0.2) is 25.2 Å². The first-order valence-electron chi connectivity index (χ1n) is 6.30. The van der Waals surface area contributed by atoms with Crippen LogP contribution in [0.5, 0.6) is 0 Å². The van der Waals surface area contributed by atoms with Gasteiger partial charge in [0.1, 0.15) is 0 Å². The first-order chi connectivity index (χ1) is 8.65. The Balaban J connectivity index is 1.81. The molecule has 1 saturated carbocycles. The number of carbonyl (C=O) groups excluding carboxylic acids is 1. The lowest BCUT2D eigenvalue weighted by atomic mass is 9.80. The van der Waals surface area contributed by atoms with Crippen LogP contribution in [0.1, 0.15) is 35.2 Å². The number of benzene rings is 1. The van der Waals surface area contributed by atoms with Crippen molar-refractivity contribution < 1.29 is 9.53 Å². The van der Waals surface area contributed by atoms with Crippen LogP contribution in [0.3, 0.4) is 0 Å². The second-order valence-electron chi connectivity index (χ2n) is 4.91. The second kappa shape index (κ2) is 5.50.